The van der Waals surface area contributed by atoms with E-state index < -0.39 is 0 Å². The molecule has 0 aromatic rings. The van der Waals surface area contributed by atoms with E-state index >= 15 is 0 Å². The van der Waals surface area contributed by atoms with Crippen LogP contribution in [0.1, 0.15) is 13.8 Å². The van der Waals surface area contributed by atoms with Crippen molar-refractivity contribution >= 4 is 0 Å². The van der Waals surface area contributed by atoms with E-state index in [-0.39, 0.29) is 0 Å². The fourth-order valence-electron chi connectivity index (χ4n) is 0.568. The minimum Gasteiger partial charge on any atom is -0.366 e. The highest BCUT2D eigenvalue weighted by molar-refractivity contribution is 4.78. The summed E-state index contributed by atoms with van der Waals surface area (Å²) in [5.74, 6) is 0. The molecule has 0 spiro atoms. The molecule has 0 saturated heterocycles. The van der Waals surface area contributed by atoms with Gasteiger partial charge in [0.1, 0.15) is 0 Å². The zero-order chi connectivity index (χ0) is 7.28. The summed E-state index contributed by atoms with van der Waals surface area (Å²) in [4.78, 5) is 2.11. The third-order valence-electron chi connectivity index (χ3n) is 1.41. The van der Waals surface area contributed by atoms with Gasteiger partial charge >= 0.3 is 0 Å². The third-order valence-corrected chi connectivity index (χ3v) is 1.41. The Bertz CT molecular complexity index is 88.9. The smallest absolute Gasteiger partial charge is 0.0755 e. The van der Waals surface area contributed by atoms with Gasteiger partial charge in [0.15, 0.2) is 0 Å². The highest BCUT2D eigenvalue weighted by Crippen LogP contribution is 1.89. The number of hydrogen-bond donors (Lipinski definition) is 1. The number of nitrogens with zero attached hydrogens (tertiary/aromatic N) is 1. The fourth-order valence-corrected chi connectivity index (χ4v) is 0.568. The molecule has 1 atom stereocenters. The van der Waals surface area contributed by atoms with Crippen molar-refractivity contribution in [3.8, 4) is 0 Å². The first-order valence-corrected chi connectivity index (χ1v) is 3.24. The van der Waals surface area contributed by atoms with Crippen molar-refractivity contribution in [3.63, 3.8) is 0 Å². The summed E-state index contributed by atoms with van der Waals surface area (Å²) in [5.41, 5.74) is 0. The van der Waals surface area contributed by atoms with Crippen molar-refractivity contribution in [2.75, 3.05) is 14.1 Å². The van der Waals surface area contributed by atoms with Gasteiger partial charge in [-0.2, -0.15) is 0 Å². The highest BCUT2D eigenvalue weighted by Gasteiger charge is 1.97. The van der Waals surface area contributed by atoms with E-state index in [4.69, 9.17) is 0 Å². The molecule has 0 aliphatic heterocycles. The minimum absolute atomic E-state index is 0.418. The van der Waals surface area contributed by atoms with Gasteiger partial charge in [-0.05, 0) is 27.1 Å². The Kier molecular flexibility index (Phi) is 4.14. The summed E-state index contributed by atoms with van der Waals surface area (Å²) in [6.45, 7) is 4.12. The average molecular weight is 128 g/mol. The zero-order valence-corrected chi connectivity index (χ0v) is 6.68. The van der Waals surface area contributed by atoms with E-state index in [1.54, 1.807) is 0 Å². The number of nitrogens with one attached hydrogen (secondary N) is 1. The topological polar surface area (TPSA) is 15.3 Å². The SMILES string of the molecule is C/C=C\N(C)C(C)NC. The zero-order valence-electron chi connectivity index (χ0n) is 6.68. The monoisotopic (exact) mass is 128 g/mol. The summed E-state index contributed by atoms with van der Waals surface area (Å²) >= 11 is 0. The van der Waals surface area contributed by atoms with Crippen LogP contribution in [0.3, 0.4) is 0 Å². The van der Waals surface area contributed by atoms with E-state index in [1.807, 2.05) is 33.3 Å². The average Bonchev–Trinajstić information content (AvgIpc) is 1.87. The maximum Gasteiger partial charge on any atom is 0.0755 e. The van der Waals surface area contributed by atoms with E-state index in [1.165, 1.54) is 0 Å². The van der Waals surface area contributed by atoms with Gasteiger partial charge in [0.05, 0.1) is 6.17 Å². The molecule has 0 rings (SSSR count). The lowest BCUT2D eigenvalue weighted by Gasteiger charge is -2.21. The van der Waals surface area contributed by atoms with Gasteiger partial charge in [-0.3, -0.25) is 0 Å². The summed E-state index contributed by atoms with van der Waals surface area (Å²) in [7, 11) is 3.99. The molecule has 0 aromatic carbocycles. The summed E-state index contributed by atoms with van der Waals surface area (Å²) in [6.07, 6.45) is 4.48. The van der Waals surface area contributed by atoms with Gasteiger partial charge in [-0.15, -0.1) is 0 Å². The van der Waals surface area contributed by atoms with Crippen LogP contribution >= 0.6 is 0 Å². The Balaban J connectivity index is 3.58. The summed E-state index contributed by atoms with van der Waals surface area (Å²) in [6, 6.07) is 0. The predicted octanol–water partition coefficient (Wildman–Crippen LogP) is 1.02. The van der Waals surface area contributed by atoms with Crippen LogP contribution in [0, 0.1) is 0 Å². The maximum absolute atomic E-state index is 3.12. The normalized spacial score (nSPS) is 14.2. The molecule has 0 saturated carbocycles. The Morgan fingerprint density at radius 2 is 2.11 bits per heavy atom. The first kappa shape index (κ1) is 8.50. The summed E-state index contributed by atoms with van der Waals surface area (Å²) in [5, 5.41) is 3.12. The van der Waals surface area contributed by atoms with Crippen LogP contribution in [0.15, 0.2) is 12.3 Å². The molecule has 0 fully saturated rings. The van der Waals surface area contributed by atoms with Crippen LogP contribution in [0.4, 0.5) is 0 Å². The standard InChI is InChI=1S/C7H16N2/c1-5-6-9(4)7(2)8-3/h5-8H,1-4H3/b6-5-. The molecular formula is C7H16N2. The van der Waals surface area contributed by atoms with Crippen LogP contribution in [-0.2, 0) is 0 Å². The van der Waals surface area contributed by atoms with E-state index in [0.717, 1.165) is 0 Å². The first-order valence-electron chi connectivity index (χ1n) is 3.24. The van der Waals surface area contributed by atoms with E-state index in [0.29, 0.717) is 6.17 Å². The number of rotatable bonds is 3. The van der Waals surface area contributed by atoms with E-state index in [9.17, 15) is 0 Å². The van der Waals surface area contributed by atoms with Crippen LogP contribution in [0.5, 0.6) is 0 Å². The van der Waals surface area contributed by atoms with Crippen LogP contribution < -0.4 is 5.32 Å². The van der Waals surface area contributed by atoms with Gasteiger partial charge in [0.2, 0.25) is 0 Å². The first-order chi connectivity index (χ1) is 4.22. The molecule has 2 heteroatoms. The lowest BCUT2D eigenvalue weighted by molar-refractivity contribution is 0.313. The summed E-state index contributed by atoms with van der Waals surface area (Å²) < 4.78 is 0. The van der Waals surface area contributed by atoms with Crippen LogP contribution in [0.2, 0.25) is 0 Å². The van der Waals surface area contributed by atoms with E-state index in [2.05, 4.69) is 17.1 Å². The Hall–Kier alpha value is -0.500. The number of hydrogen-bond acceptors (Lipinski definition) is 2. The lowest BCUT2D eigenvalue weighted by atomic mass is 10.5. The molecule has 1 unspecified atom stereocenters. The Labute approximate surface area is 57.5 Å². The van der Waals surface area contributed by atoms with Gasteiger partial charge in [0, 0.05) is 7.05 Å². The Morgan fingerprint density at radius 1 is 1.56 bits per heavy atom. The molecule has 0 aliphatic rings. The molecule has 0 amide bonds. The van der Waals surface area contributed by atoms with Crippen molar-refractivity contribution in [2.24, 2.45) is 0 Å². The van der Waals surface area contributed by atoms with Gasteiger partial charge < -0.3 is 10.2 Å². The maximum atomic E-state index is 3.12. The number of allylic oxidation sites excluding steroid dienone is 1. The largest absolute Gasteiger partial charge is 0.366 e. The van der Waals surface area contributed by atoms with Crippen LogP contribution in [-0.4, -0.2) is 25.2 Å². The lowest BCUT2D eigenvalue weighted by Crippen LogP contribution is -2.35. The van der Waals surface area contributed by atoms with Gasteiger partial charge in [-0.1, -0.05) is 6.08 Å². The molecule has 0 bridgehead atoms. The molecule has 0 radical (unpaired) electrons. The van der Waals surface area contributed by atoms with Crippen molar-refractivity contribution < 1.29 is 0 Å². The van der Waals surface area contributed by atoms with Gasteiger partial charge in [-0.25, -0.2) is 0 Å². The molecule has 54 valence electrons. The quantitative estimate of drug-likeness (QED) is 0.571. The molecular weight excluding hydrogens is 112 g/mol. The highest BCUT2D eigenvalue weighted by atomic mass is 15.2. The van der Waals surface area contributed by atoms with Crippen molar-refractivity contribution in [1.29, 1.82) is 0 Å². The second-order valence-electron chi connectivity index (χ2n) is 2.11. The van der Waals surface area contributed by atoms with Crippen LogP contribution in [0.25, 0.3) is 0 Å². The molecule has 0 heterocycles. The van der Waals surface area contributed by atoms with Crippen molar-refractivity contribution in [1.82, 2.24) is 10.2 Å². The van der Waals surface area contributed by atoms with Crippen molar-refractivity contribution in [2.45, 2.75) is 20.0 Å². The van der Waals surface area contributed by atoms with Crippen molar-refractivity contribution in [3.05, 3.63) is 12.3 Å². The molecule has 0 aliphatic carbocycles. The molecule has 0 aromatic heterocycles. The minimum atomic E-state index is 0.418. The fraction of sp³-hybridized carbons (Fsp3) is 0.714. The predicted molar refractivity (Wildman–Crippen MR) is 41.1 cm³/mol. The second-order valence-corrected chi connectivity index (χ2v) is 2.11. The third kappa shape index (κ3) is 3.14. The molecule has 2 nitrogen and oxygen atoms in total. The molecule has 9 heavy (non-hydrogen) atoms. The molecule has 1 N–H and O–H groups in total. The van der Waals surface area contributed by atoms with Gasteiger partial charge in [0.25, 0.3) is 0 Å². The Morgan fingerprint density at radius 3 is 2.44 bits per heavy atom. The second kappa shape index (κ2) is 4.39.